The summed E-state index contributed by atoms with van der Waals surface area (Å²) in [6, 6.07) is -0.356. The van der Waals surface area contributed by atoms with Gasteiger partial charge in [-0.1, -0.05) is 26.2 Å². The third-order valence-corrected chi connectivity index (χ3v) is 3.96. The summed E-state index contributed by atoms with van der Waals surface area (Å²) >= 11 is 0. The minimum absolute atomic E-state index is 0.300. The number of unbranched alkanes of at least 4 members (excludes halogenated alkanes) is 2. The highest BCUT2D eigenvalue weighted by Gasteiger charge is 2.38. The Hall–Kier alpha value is -0.200. The van der Waals surface area contributed by atoms with Crippen LogP contribution in [0.3, 0.4) is 0 Å². The molecule has 19 heavy (non-hydrogen) atoms. The minimum atomic E-state index is -1.75. The van der Waals surface area contributed by atoms with Crippen molar-refractivity contribution in [3.63, 3.8) is 0 Å². The molecule has 1 aliphatic heterocycles. The van der Waals surface area contributed by atoms with E-state index in [0.717, 1.165) is 32.2 Å². The second-order valence-corrected chi connectivity index (χ2v) is 5.88. The first-order chi connectivity index (χ1) is 8.86. The molecule has 0 spiro atoms. The van der Waals surface area contributed by atoms with Crippen LogP contribution in [0.15, 0.2) is 0 Å². The summed E-state index contributed by atoms with van der Waals surface area (Å²) < 4.78 is 0. The van der Waals surface area contributed by atoms with Crippen molar-refractivity contribution in [2.24, 2.45) is 0 Å². The molecule has 0 saturated carbocycles. The SMILES string of the molecule is CCCCCC(O)C(O)CN1CCCC1C(C)(O)O. The maximum absolute atomic E-state index is 10.0. The van der Waals surface area contributed by atoms with Crippen LogP contribution in [-0.4, -0.2) is 62.5 Å². The van der Waals surface area contributed by atoms with Gasteiger partial charge in [0.05, 0.1) is 18.2 Å². The van der Waals surface area contributed by atoms with Crippen LogP contribution >= 0.6 is 0 Å². The van der Waals surface area contributed by atoms with Gasteiger partial charge in [0.2, 0.25) is 0 Å². The summed E-state index contributed by atoms with van der Waals surface area (Å²) in [5.74, 6) is -1.75. The van der Waals surface area contributed by atoms with Gasteiger partial charge in [-0.25, -0.2) is 0 Å². The highest BCUT2D eigenvalue weighted by molar-refractivity contribution is 4.89. The zero-order valence-electron chi connectivity index (χ0n) is 12.1. The van der Waals surface area contributed by atoms with Crippen molar-refractivity contribution in [1.82, 2.24) is 4.90 Å². The van der Waals surface area contributed by atoms with Crippen molar-refractivity contribution in [3.8, 4) is 0 Å². The van der Waals surface area contributed by atoms with Crippen molar-refractivity contribution in [2.45, 2.75) is 76.4 Å². The molecular formula is C14H29NO4. The Morgan fingerprint density at radius 2 is 1.89 bits per heavy atom. The summed E-state index contributed by atoms with van der Waals surface area (Å²) in [5, 5.41) is 39.3. The van der Waals surface area contributed by atoms with Crippen molar-refractivity contribution in [3.05, 3.63) is 0 Å². The standard InChI is InChI=1S/C14H29NO4/c1-3-4-5-7-11(16)12(17)10-15-9-6-8-13(15)14(2,18)19/h11-13,16-19H,3-10H2,1-2H3. The van der Waals surface area contributed by atoms with Crippen LogP contribution in [0.2, 0.25) is 0 Å². The number of nitrogens with zero attached hydrogens (tertiary/aromatic N) is 1. The average Bonchev–Trinajstić information content (AvgIpc) is 2.77. The predicted octanol–water partition coefficient (Wildman–Crippen LogP) is 0.454. The molecule has 0 aromatic rings. The number of rotatable bonds is 8. The van der Waals surface area contributed by atoms with E-state index in [1.165, 1.54) is 6.92 Å². The predicted molar refractivity (Wildman–Crippen MR) is 73.6 cm³/mol. The summed E-state index contributed by atoms with van der Waals surface area (Å²) in [7, 11) is 0. The summed E-state index contributed by atoms with van der Waals surface area (Å²) in [6.07, 6.45) is 3.71. The molecule has 5 heteroatoms. The fraction of sp³-hybridized carbons (Fsp3) is 1.00. The van der Waals surface area contributed by atoms with E-state index >= 15 is 0 Å². The lowest BCUT2D eigenvalue weighted by Gasteiger charge is -2.34. The first kappa shape index (κ1) is 16.9. The Morgan fingerprint density at radius 3 is 2.47 bits per heavy atom. The summed E-state index contributed by atoms with van der Waals surface area (Å²) in [5.41, 5.74) is 0. The highest BCUT2D eigenvalue weighted by Crippen LogP contribution is 2.25. The zero-order chi connectivity index (χ0) is 14.5. The maximum atomic E-state index is 10.0. The minimum Gasteiger partial charge on any atom is -0.390 e. The van der Waals surface area contributed by atoms with Crippen LogP contribution in [0.4, 0.5) is 0 Å². The Kier molecular flexibility index (Phi) is 6.69. The third-order valence-electron chi connectivity index (χ3n) is 3.96. The second kappa shape index (κ2) is 7.55. The number of likely N-dealkylation sites (tertiary alicyclic amines) is 1. The smallest absolute Gasteiger partial charge is 0.175 e. The van der Waals surface area contributed by atoms with Gasteiger partial charge in [0.1, 0.15) is 0 Å². The molecule has 0 radical (unpaired) electrons. The Labute approximate surface area is 115 Å². The molecule has 1 aliphatic rings. The van der Waals surface area contributed by atoms with Gasteiger partial charge in [-0.3, -0.25) is 4.90 Å². The van der Waals surface area contributed by atoms with E-state index < -0.39 is 18.0 Å². The Bertz CT molecular complexity index is 254. The molecule has 0 amide bonds. The van der Waals surface area contributed by atoms with Gasteiger partial charge < -0.3 is 20.4 Å². The number of β-amino-alcohol motifs (C(OH)–C–C–N with tert-alkyl or cyclic N) is 1. The van der Waals surface area contributed by atoms with Crippen LogP contribution in [0.1, 0.15) is 52.4 Å². The largest absolute Gasteiger partial charge is 0.390 e. The molecule has 0 bridgehead atoms. The lowest BCUT2D eigenvalue weighted by atomic mass is 10.0. The van der Waals surface area contributed by atoms with E-state index in [9.17, 15) is 20.4 Å². The van der Waals surface area contributed by atoms with Gasteiger partial charge in [-0.2, -0.15) is 0 Å². The fourth-order valence-corrected chi connectivity index (χ4v) is 2.82. The van der Waals surface area contributed by atoms with E-state index in [-0.39, 0.29) is 6.04 Å². The number of aliphatic hydroxyl groups excluding tert-OH is 2. The van der Waals surface area contributed by atoms with Gasteiger partial charge in [-0.15, -0.1) is 0 Å². The monoisotopic (exact) mass is 275 g/mol. The molecular weight excluding hydrogens is 246 g/mol. The van der Waals surface area contributed by atoms with Crippen LogP contribution < -0.4 is 0 Å². The molecule has 1 rings (SSSR count). The lowest BCUT2D eigenvalue weighted by Crippen LogP contribution is -2.51. The summed E-state index contributed by atoms with van der Waals surface area (Å²) in [4.78, 5) is 1.87. The normalized spacial score (nSPS) is 24.6. The first-order valence-electron chi connectivity index (χ1n) is 7.41. The molecule has 0 aliphatic carbocycles. The van der Waals surface area contributed by atoms with E-state index in [0.29, 0.717) is 19.4 Å². The van der Waals surface area contributed by atoms with Crippen LogP contribution in [0.25, 0.3) is 0 Å². The van der Waals surface area contributed by atoms with Gasteiger partial charge in [0.25, 0.3) is 0 Å². The first-order valence-corrected chi connectivity index (χ1v) is 7.41. The van der Waals surface area contributed by atoms with Gasteiger partial charge >= 0.3 is 0 Å². The van der Waals surface area contributed by atoms with E-state index in [1.807, 2.05) is 4.90 Å². The molecule has 5 nitrogen and oxygen atoms in total. The van der Waals surface area contributed by atoms with Crippen molar-refractivity contribution >= 4 is 0 Å². The molecule has 1 saturated heterocycles. The molecule has 1 fully saturated rings. The molecule has 4 N–H and O–H groups in total. The Balaban J connectivity index is 2.40. The van der Waals surface area contributed by atoms with Gasteiger partial charge in [-0.05, 0) is 32.7 Å². The zero-order valence-corrected chi connectivity index (χ0v) is 12.1. The number of hydrogen-bond acceptors (Lipinski definition) is 5. The second-order valence-electron chi connectivity index (χ2n) is 5.88. The van der Waals surface area contributed by atoms with Crippen LogP contribution in [0.5, 0.6) is 0 Å². The third kappa shape index (κ3) is 5.36. The molecule has 3 atom stereocenters. The van der Waals surface area contributed by atoms with Crippen LogP contribution in [-0.2, 0) is 0 Å². The number of hydrogen-bond donors (Lipinski definition) is 4. The molecule has 1 heterocycles. The van der Waals surface area contributed by atoms with Crippen molar-refractivity contribution in [1.29, 1.82) is 0 Å². The molecule has 3 unspecified atom stereocenters. The van der Waals surface area contributed by atoms with E-state index in [1.54, 1.807) is 0 Å². The maximum Gasteiger partial charge on any atom is 0.175 e. The number of aliphatic hydroxyl groups is 4. The van der Waals surface area contributed by atoms with Crippen molar-refractivity contribution in [2.75, 3.05) is 13.1 Å². The summed E-state index contributed by atoms with van der Waals surface area (Å²) in [6.45, 7) is 4.51. The van der Waals surface area contributed by atoms with E-state index in [4.69, 9.17) is 0 Å². The van der Waals surface area contributed by atoms with E-state index in [2.05, 4.69) is 6.92 Å². The highest BCUT2D eigenvalue weighted by atomic mass is 16.5. The lowest BCUT2D eigenvalue weighted by molar-refractivity contribution is -0.189. The van der Waals surface area contributed by atoms with Gasteiger partial charge in [0, 0.05) is 6.54 Å². The fourth-order valence-electron chi connectivity index (χ4n) is 2.82. The molecule has 114 valence electrons. The molecule has 0 aromatic heterocycles. The quantitative estimate of drug-likeness (QED) is 0.382. The average molecular weight is 275 g/mol. The van der Waals surface area contributed by atoms with Crippen LogP contribution in [0, 0.1) is 0 Å². The van der Waals surface area contributed by atoms with Crippen molar-refractivity contribution < 1.29 is 20.4 Å². The molecule has 0 aromatic carbocycles. The Morgan fingerprint density at radius 1 is 1.21 bits per heavy atom. The topological polar surface area (TPSA) is 84.2 Å². The van der Waals surface area contributed by atoms with Gasteiger partial charge in [0.15, 0.2) is 5.79 Å².